The lowest BCUT2D eigenvalue weighted by Gasteiger charge is -2.22. The number of methoxy groups -OCH3 is 1. The molecule has 0 bridgehead atoms. The number of thioether (sulfide) groups is 1. The number of carbonyl (C=O) groups is 2. The van der Waals surface area contributed by atoms with E-state index in [1.54, 1.807) is 23.8 Å². The van der Waals surface area contributed by atoms with Gasteiger partial charge in [-0.1, -0.05) is 60.7 Å². The summed E-state index contributed by atoms with van der Waals surface area (Å²) in [7, 11) is 1.64. The Kier molecular flexibility index (Phi) is 6.23. The first-order valence-corrected chi connectivity index (χ1v) is 12.0. The molecule has 0 aliphatic carbocycles. The molecule has 170 valence electrons. The Hall–Kier alpha value is -3.77. The summed E-state index contributed by atoms with van der Waals surface area (Å²) in [6.45, 7) is -0.0467. The third kappa shape index (κ3) is 4.50. The second kappa shape index (κ2) is 9.61. The Balaban J connectivity index is 1.40. The SMILES string of the molecule is COc1ccc(C2CC(=O)N(CC(=O)Nc3cccc4ccccc34)c3ccccc3S2)cc1. The first kappa shape index (κ1) is 22.0. The lowest BCUT2D eigenvalue weighted by atomic mass is 10.1. The lowest BCUT2D eigenvalue weighted by Crippen LogP contribution is -2.38. The summed E-state index contributed by atoms with van der Waals surface area (Å²) in [6.07, 6.45) is 0.299. The van der Waals surface area contributed by atoms with Crippen LogP contribution in [0.4, 0.5) is 11.4 Å². The molecule has 2 amide bonds. The summed E-state index contributed by atoms with van der Waals surface area (Å²) in [5.41, 5.74) is 2.56. The van der Waals surface area contributed by atoms with E-state index < -0.39 is 0 Å². The molecular formula is C28H24N2O3S. The molecule has 0 aromatic heterocycles. The number of rotatable bonds is 5. The normalized spacial score (nSPS) is 15.5. The number of amides is 2. The Morgan fingerprint density at radius 3 is 2.53 bits per heavy atom. The molecule has 1 aliphatic heterocycles. The van der Waals surface area contributed by atoms with E-state index in [1.807, 2.05) is 91.0 Å². The molecule has 34 heavy (non-hydrogen) atoms. The van der Waals surface area contributed by atoms with Gasteiger partial charge in [-0.25, -0.2) is 0 Å². The minimum atomic E-state index is -0.229. The number of anilines is 2. The van der Waals surface area contributed by atoms with Crippen LogP contribution in [0.2, 0.25) is 0 Å². The predicted octanol–water partition coefficient (Wildman–Crippen LogP) is 6.06. The van der Waals surface area contributed by atoms with Gasteiger partial charge < -0.3 is 15.0 Å². The first-order valence-electron chi connectivity index (χ1n) is 11.1. The molecule has 4 aromatic rings. The van der Waals surface area contributed by atoms with Gasteiger partial charge in [0.05, 0.1) is 12.8 Å². The van der Waals surface area contributed by atoms with Crippen LogP contribution in [-0.4, -0.2) is 25.5 Å². The number of nitrogens with one attached hydrogen (secondary N) is 1. The van der Waals surface area contributed by atoms with Crippen molar-refractivity contribution in [3.05, 3.63) is 96.6 Å². The van der Waals surface area contributed by atoms with E-state index in [1.165, 1.54) is 0 Å². The van der Waals surface area contributed by atoms with Gasteiger partial charge >= 0.3 is 0 Å². The maximum Gasteiger partial charge on any atom is 0.244 e. The van der Waals surface area contributed by atoms with Crippen molar-refractivity contribution in [1.82, 2.24) is 0 Å². The summed E-state index contributed by atoms with van der Waals surface area (Å²) >= 11 is 1.65. The van der Waals surface area contributed by atoms with Gasteiger partial charge in [0.25, 0.3) is 0 Å². The van der Waals surface area contributed by atoms with E-state index in [0.717, 1.165) is 38.4 Å². The van der Waals surface area contributed by atoms with Gasteiger partial charge in [-0.05, 0) is 41.3 Å². The summed E-state index contributed by atoms with van der Waals surface area (Å²) in [5, 5.41) is 4.98. The molecular weight excluding hydrogens is 444 g/mol. The third-order valence-corrected chi connectivity index (χ3v) is 7.26. The van der Waals surface area contributed by atoms with Crippen molar-refractivity contribution in [2.45, 2.75) is 16.6 Å². The van der Waals surface area contributed by atoms with Crippen molar-refractivity contribution in [1.29, 1.82) is 0 Å². The molecule has 6 heteroatoms. The van der Waals surface area contributed by atoms with Gasteiger partial charge in [0, 0.05) is 27.6 Å². The lowest BCUT2D eigenvalue weighted by molar-refractivity contribution is -0.121. The van der Waals surface area contributed by atoms with E-state index in [2.05, 4.69) is 5.32 Å². The zero-order valence-corrected chi connectivity index (χ0v) is 19.5. The second-order valence-corrected chi connectivity index (χ2v) is 9.35. The zero-order chi connectivity index (χ0) is 23.5. The molecule has 1 aliphatic rings. The summed E-state index contributed by atoms with van der Waals surface area (Å²) in [6, 6.07) is 29.3. The molecule has 4 aromatic carbocycles. The van der Waals surface area contributed by atoms with Crippen LogP contribution in [0.5, 0.6) is 5.75 Å². The highest BCUT2D eigenvalue weighted by Crippen LogP contribution is 2.45. The highest BCUT2D eigenvalue weighted by atomic mass is 32.2. The van der Waals surface area contributed by atoms with Gasteiger partial charge in [-0.15, -0.1) is 11.8 Å². The van der Waals surface area contributed by atoms with Crippen LogP contribution in [0.15, 0.2) is 95.9 Å². The van der Waals surface area contributed by atoms with Gasteiger partial charge in [0.1, 0.15) is 12.3 Å². The van der Waals surface area contributed by atoms with Crippen LogP contribution in [0.1, 0.15) is 17.2 Å². The maximum absolute atomic E-state index is 13.4. The van der Waals surface area contributed by atoms with Crippen LogP contribution in [0.3, 0.4) is 0 Å². The Bertz CT molecular complexity index is 1350. The molecule has 0 fully saturated rings. The highest BCUT2D eigenvalue weighted by Gasteiger charge is 2.30. The fourth-order valence-corrected chi connectivity index (χ4v) is 5.51. The average Bonchev–Trinajstić information content (AvgIpc) is 3.01. The van der Waals surface area contributed by atoms with Crippen LogP contribution in [0.25, 0.3) is 10.8 Å². The minimum Gasteiger partial charge on any atom is -0.497 e. The summed E-state index contributed by atoms with van der Waals surface area (Å²) in [4.78, 5) is 29.1. The Morgan fingerprint density at radius 2 is 1.71 bits per heavy atom. The van der Waals surface area contributed by atoms with Crippen molar-refractivity contribution in [3.63, 3.8) is 0 Å². The number of hydrogen-bond acceptors (Lipinski definition) is 4. The fraction of sp³-hybridized carbons (Fsp3) is 0.143. The number of carbonyl (C=O) groups excluding carboxylic acids is 2. The van der Waals surface area contributed by atoms with Crippen molar-refractivity contribution in [3.8, 4) is 5.75 Å². The number of fused-ring (bicyclic) bond motifs is 2. The Morgan fingerprint density at radius 1 is 0.971 bits per heavy atom. The zero-order valence-electron chi connectivity index (χ0n) is 18.7. The molecule has 0 saturated heterocycles. The van der Waals surface area contributed by atoms with Crippen molar-refractivity contribution in [2.75, 3.05) is 23.9 Å². The number of para-hydroxylation sites is 1. The smallest absolute Gasteiger partial charge is 0.244 e. The fourth-order valence-electron chi connectivity index (χ4n) is 4.22. The average molecular weight is 469 g/mol. The molecule has 0 spiro atoms. The van der Waals surface area contributed by atoms with Gasteiger partial charge in [-0.3, -0.25) is 9.59 Å². The van der Waals surface area contributed by atoms with Crippen molar-refractivity contribution in [2.24, 2.45) is 0 Å². The molecule has 1 heterocycles. The predicted molar refractivity (Wildman–Crippen MR) is 138 cm³/mol. The van der Waals surface area contributed by atoms with Crippen LogP contribution in [-0.2, 0) is 9.59 Å². The molecule has 0 radical (unpaired) electrons. The van der Waals surface area contributed by atoms with Crippen molar-refractivity contribution >= 4 is 45.7 Å². The number of nitrogens with zero attached hydrogens (tertiary/aromatic N) is 1. The molecule has 1 unspecified atom stereocenters. The third-order valence-electron chi connectivity index (χ3n) is 5.94. The minimum absolute atomic E-state index is 0.0467. The van der Waals surface area contributed by atoms with E-state index in [9.17, 15) is 9.59 Å². The molecule has 1 atom stereocenters. The first-order chi connectivity index (χ1) is 16.6. The van der Waals surface area contributed by atoms with Gasteiger partial charge in [0.2, 0.25) is 11.8 Å². The topological polar surface area (TPSA) is 58.6 Å². The number of ether oxygens (including phenoxy) is 1. The molecule has 1 N–H and O–H groups in total. The molecule has 5 nitrogen and oxygen atoms in total. The van der Waals surface area contributed by atoms with Crippen LogP contribution < -0.4 is 15.0 Å². The largest absolute Gasteiger partial charge is 0.497 e. The maximum atomic E-state index is 13.4. The second-order valence-electron chi connectivity index (χ2n) is 8.11. The number of benzene rings is 4. The Labute approximate surface area is 202 Å². The summed E-state index contributed by atoms with van der Waals surface area (Å²) < 4.78 is 5.27. The van der Waals surface area contributed by atoms with Crippen molar-refractivity contribution < 1.29 is 14.3 Å². The number of hydrogen-bond donors (Lipinski definition) is 1. The van der Waals surface area contributed by atoms with E-state index in [0.29, 0.717) is 6.42 Å². The van der Waals surface area contributed by atoms with E-state index >= 15 is 0 Å². The molecule has 0 saturated carbocycles. The molecule has 5 rings (SSSR count). The van der Waals surface area contributed by atoms with Crippen LogP contribution >= 0.6 is 11.8 Å². The quantitative estimate of drug-likeness (QED) is 0.387. The van der Waals surface area contributed by atoms with Gasteiger partial charge in [0.15, 0.2) is 0 Å². The highest BCUT2D eigenvalue weighted by molar-refractivity contribution is 7.99. The monoisotopic (exact) mass is 468 g/mol. The summed E-state index contributed by atoms with van der Waals surface area (Å²) in [5.74, 6) is 0.472. The van der Waals surface area contributed by atoms with E-state index in [4.69, 9.17) is 4.74 Å². The van der Waals surface area contributed by atoms with E-state index in [-0.39, 0.29) is 23.6 Å². The standard InChI is InChI=1S/C28H24N2O3S/c1-33-21-15-13-20(14-16-21)26-17-28(32)30(24-11-4-5-12-25(24)34-26)18-27(31)29-23-10-6-8-19-7-2-3-9-22(19)23/h2-16,26H,17-18H2,1H3,(H,29,31). The van der Waals surface area contributed by atoms with Crippen LogP contribution in [0, 0.1) is 0 Å². The van der Waals surface area contributed by atoms with Gasteiger partial charge in [-0.2, -0.15) is 0 Å².